The van der Waals surface area contributed by atoms with Crippen LogP contribution in [0.2, 0.25) is 0 Å². The van der Waals surface area contributed by atoms with Gasteiger partial charge in [0.1, 0.15) is 0 Å². The van der Waals surface area contributed by atoms with Gasteiger partial charge in [-0.25, -0.2) is 0 Å². The monoisotopic (exact) mass is 247 g/mol. The van der Waals surface area contributed by atoms with E-state index in [0.717, 1.165) is 19.0 Å². The first-order valence-corrected chi connectivity index (χ1v) is 7.17. The van der Waals surface area contributed by atoms with Gasteiger partial charge in [-0.3, -0.25) is 4.98 Å². The topological polar surface area (TPSA) is 28.2 Å². The molecular formula is C15H25N3. The Morgan fingerprint density at radius 1 is 1.44 bits per heavy atom. The summed E-state index contributed by atoms with van der Waals surface area (Å²) >= 11 is 0. The van der Waals surface area contributed by atoms with Crippen molar-refractivity contribution in [1.82, 2.24) is 15.2 Å². The van der Waals surface area contributed by atoms with Gasteiger partial charge in [-0.15, -0.1) is 0 Å². The summed E-state index contributed by atoms with van der Waals surface area (Å²) in [6.07, 6.45) is 10.4. The van der Waals surface area contributed by atoms with Crippen molar-refractivity contribution in [2.45, 2.75) is 38.1 Å². The molecule has 1 unspecified atom stereocenters. The highest BCUT2D eigenvalue weighted by Crippen LogP contribution is 2.19. The number of nitrogens with one attached hydrogen (secondary N) is 1. The molecule has 0 aromatic carbocycles. The van der Waals surface area contributed by atoms with Crippen LogP contribution < -0.4 is 5.32 Å². The first kappa shape index (κ1) is 13.5. The van der Waals surface area contributed by atoms with Gasteiger partial charge in [0.25, 0.3) is 0 Å². The zero-order chi connectivity index (χ0) is 12.6. The predicted molar refractivity (Wildman–Crippen MR) is 75.7 cm³/mol. The maximum absolute atomic E-state index is 4.19. The molecule has 1 aliphatic rings. The van der Waals surface area contributed by atoms with Gasteiger partial charge >= 0.3 is 0 Å². The minimum Gasteiger partial charge on any atom is -0.320 e. The highest BCUT2D eigenvalue weighted by Gasteiger charge is 2.21. The van der Waals surface area contributed by atoms with Gasteiger partial charge in [0.2, 0.25) is 0 Å². The molecule has 1 saturated heterocycles. The SMILES string of the molecule is CNCCC1CCCCN1CCc1cccnc1. The third-order valence-corrected chi connectivity index (χ3v) is 3.89. The van der Waals surface area contributed by atoms with Gasteiger partial charge in [-0.1, -0.05) is 12.5 Å². The molecule has 18 heavy (non-hydrogen) atoms. The standard InChI is InChI=1S/C15H25N3/c1-16-10-7-15-6-2-3-11-18(15)12-8-14-5-4-9-17-13-14/h4-5,9,13,15-16H,2-3,6-8,10-12H2,1H3. The maximum Gasteiger partial charge on any atom is 0.0300 e. The molecule has 0 aliphatic carbocycles. The molecule has 3 nitrogen and oxygen atoms in total. The quantitative estimate of drug-likeness (QED) is 0.834. The lowest BCUT2D eigenvalue weighted by molar-refractivity contribution is 0.142. The van der Waals surface area contributed by atoms with Gasteiger partial charge in [-0.2, -0.15) is 0 Å². The lowest BCUT2D eigenvalue weighted by Gasteiger charge is -2.35. The number of likely N-dealkylation sites (tertiary alicyclic amines) is 1. The van der Waals surface area contributed by atoms with Crippen molar-refractivity contribution in [1.29, 1.82) is 0 Å². The molecule has 1 aromatic heterocycles. The average molecular weight is 247 g/mol. The van der Waals surface area contributed by atoms with Crippen molar-refractivity contribution in [2.24, 2.45) is 0 Å². The molecule has 1 N–H and O–H groups in total. The van der Waals surface area contributed by atoms with Gasteiger partial charge in [-0.05, 0) is 57.5 Å². The van der Waals surface area contributed by atoms with Crippen LogP contribution in [0.1, 0.15) is 31.2 Å². The molecule has 0 amide bonds. The van der Waals surface area contributed by atoms with Crippen LogP contribution in [0.3, 0.4) is 0 Å². The Morgan fingerprint density at radius 2 is 2.39 bits per heavy atom. The van der Waals surface area contributed by atoms with Crippen molar-refractivity contribution in [3.05, 3.63) is 30.1 Å². The summed E-state index contributed by atoms with van der Waals surface area (Å²) in [5.41, 5.74) is 1.36. The van der Waals surface area contributed by atoms with Gasteiger partial charge < -0.3 is 10.2 Å². The summed E-state index contributed by atoms with van der Waals surface area (Å²) in [6.45, 7) is 3.59. The van der Waals surface area contributed by atoms with E-state index in [1.165, 1.54) is 44.3 Å². The van der Waals surface area contributed by atoms with Crippen LogP contribution in [0, 0.1) is 0 Å². The third kappa shape index (κ3) is 4.07. The van der Waals surface area contributed by atoms with Crippen LogP contribution in [0.25, 0.3) is 0 Å². The van der Waals surface area contributed by atoms with E-state index in [1.807, 2.05) is 25.5 Å². The zero-order valence-corrected chi connectivity index (χ0v) is 11.4. The molecule has 0 bridgehead atoms. The first-order chi connectivity index (χ1) is 8.90. The Labute approximate surface area is 111 Å². The number of aromatic nitrogens is 1. The summed E-state index contributed by atoms with van der Waals surface area (Å²) in [5, 5.41) is 3.27. The number of hydrogen-bond acceptors (Lipinski definition) is 3. The smallest absolute Gasteiger partial charge is 0.0300 e. The molecule has 1 fully saturated rings. The number of hydrogen-bond donors (Lipinski definition) is 1. The first-order valence-electron chi connectivity index (χ1n) is 7.17. The third-order valence-electron chi connectivity index (χ3n) is 3.89. The Bertz CT molecular complexity index is 326. The van der Waals surface area contributed by atoms with E-state index >= 15 is 0 Å². The normalized spacial score (nSPS) is 21.1. The number of piperidine rings is 1. The van der Waals surface area contributed by atoms with E-state index in [1.54, 1.807) is 0 Å². The summed E-state index contributed by atoms with van der Waals surface area (Å²) in [4.78, 5) is 6.86. The molecule has 2 heterocycles. The minimum absolute atomic E-state index is 0.780. The molecule has 1 aromatic rings. The molecule has 100 valence electrons. The van der Waals surface area contributed by atoms with Crippen LogP contribution in [0.5, 0.6) is 0 Å². The Balaban J connectivity index is 1.81. The number of pyridine rings is 1. The summed E-state index contributed by atoms with van der Waals surface area (Å²) < 4.78 is 0. The molecule has 1 aliphatic heterocycles. The zero-order valence-electron chi connectivity index (χ0n) is 11.4. The average Bonchev–Trinajstić information content (AvgIpc) is 2.45. The molecule has 2 rings (SSSR count). The molecule has 0 saturated carbocycles. The number of rotatable bonds is 6. The minimum atomic E-state index is 0.780. The van der Waals surface area contributed by atoms with Crippen molar-refractivity contribution < 1.29 is 0 Å². The second kappa shape index (κ2) is 7.49. The highest BCUT2D eigenvalue weighted by molar-refractivity contribution is 5.08. The van der Waals surface area contributed by atoms with Crippen LogP contribution in [0.15, 0.2) is 24.5 Å². The molecule has 1 atom stereocenters. The Kier molecular flexibility index (Phi) is 5.62. The number of nitrogens with zero attached hydrogens (tertiary/aromatic N) is 2. The van der Waals surface area contributed by atoms with Gasteiger partial charge in [0.05, 0.1) is 0 Å². The van der Waals surface area contributed by atoms with Crippen molar-refractivity contribution >= 4 is 0 Å². The Morgan fingerprint density at radius 3 is 3.17 bits per heavy atom. The predicted octanol–water partition coefficient (Wildman–Crippen LogP) is 2.09. The summed E-state index contributed by atoms with van der Waals surface area (Å²) in [5.74, 6) is 0. The molecular weight excluding hydrogens is 222 g/mol. The fourth-order valence-corrected chi connectivity index (χ4v) is 2.81. The summed E-state index contributed by atoms with van der Waals surface area (Å²) in [7, 11) is 2.04. The second-order valence-electron chi connectivity index (χ2n) is 5.19. The fraction of sp³-hybridized carbons (Fsp3) is 0.667. The van der Waals surface area contributed by atoms with Gasteiger partial charge in [0.15, 0.2) is 0 Å². The molecule has 0 radical (unpaired) electrons. The van der Waals surface area contributed by atoms with Crippen LogP contribution in [0.4, 0.5) is 0 Å². The lowest BCUT2D eigenvalue weighted by Crippen LogP contribution is -2.42. The molecule has 3 heteroatoms. The van der Waals surface area contributed by atoms with Crippen molar-refractivity contribution in [3.63, 3.8) is 0 Å². The Hall–Kier alpha value is -0.930. The fourth-order valence-electron chi connectivity index (χ4n) is 2.81. The maximum atomic E-state index is 4.19. The van der Waals surface area contributed by atoms with E-state index in [4.69, 9.17) is 0 Å². The van der Waals surface area contributed by atoms with Crippen molar-refractivity contribution in [2.75, 3.05) is 26.7 Å². The van der Waals surface area contributed by atoms with E-state index in [9.17, 15) is 0 Å². The molecule has 0 spiro atoms. The van der Waals surface area contributed by atoms with E-state index in [-0.39, 0.29) is 0 Å². The van der Waals surface area contributed by atoms with Crippen molar-refractivity contribution in [3.8, 4) is 0 Å². The van der Waals surface area contributed by atoms with E-state index in [2.05, 4.69) is 21.3 Å². The van der Waals surface area contributed by atoms with Crippen LogP contribution in [-0.4, -0.2) is 42.6 Å². The summed E-state index contributed by atoms with van der Waals surface area (Å²) in [6, 6.07) is 4.99. The van der Waals surface area contributed by atoms with Gasteiger partial charge in [0, 0.05) is 25.0 Å². The second-order valence-corrected chi connectivity index (χ2v) is 5.19. The van der Waals surface area contributed by atoms with E-state index < -0.39 is 0 Å². The highest BCUT2D eigenvalue weighted by atomic mass is 15.2. The van der Waals surface area contributed by atoms with Crippen LogP contribution in [-0.2, 0) is 6.42 Å². The van der Waals surface area contributed by atoms with E-state index in [0.29, 0.717) is 0 Å². The van der Waals surface area contributed by atoms with Crippen LogP contribution >= 0.6 is 0 Å². The lowest BCUT2D eigenvalue weighted by atomic mass is 9.98. The largest absolute Gasteiger partial charge is 0.320 e.